The summed E-state index contributed by atoms with van der Waals surface area (Å²) in [6, 6.07) is 5.51. The fourth-order valence-corrected chi connectivity index (χ4v) is 3.09. The second-order valence-electron chi connectivity index (χ2n) is 4.16. The van der Waals surface area contributed by atoms with E-state index in [1.54, 1.807) is 17.4 Å². The predicted molar refractivity (Wildman–Crippen MR) is 81.8 cm³/mol. The Morgan fingerprint density at radius 2 is 2.26 bits per heavy atom. The van der Waals surface area contributed by atoms with Crippen molar-refractivity contribution in [2.45, 2.75) is 18.2 Å². The van der Waals surface area contributed by atoms with Crippen LogP contribution in [0.3, 0.4) is 0 Å². The maximum absolute atomic E-state index is 11.8. The molecule has 0 aliphatic rings. The van der Waals surface area contributed by atoms with Crippen LogP contribution in [0.2, 0.25) is 0 Å². The first-order chi connectivity index (χ1) is 9.04. The second-order valence-corrected chi connectivity index (χ2v) is 6.24. The Kier molecular flexibility index (Phi) is 4.44. The van der Waals surface area contributed by atoms with Gasteiger partial charge in [-0.25, -0.2) is 4.98 Å². The summed E-state index contributed by atoms with van der Waals surface area (Å²) >= 11 is 2.99. The molecule has 1 heterocycles. The fraction of sp³-hybridized carbons (Fsp3) is 0.231. The quantitative estimate of drug-likeness (QED) is 0.671. The fourth-order valence-electron chi connectivity index (χ4n) is 1.44. The van der Waals surface area contributed by atoms with Crippen LogP contribution in [0.5, 0.6) is 0 Å². The van der Waals surface area contributed by atoms with Crippen molar-refractivity contribution in [2.75, 3.05) is 16.8 Å². The first-order valence-corrected chi connectivity index (χ1v) is 7.62. The molecule has 0 saturated carbocycles. The van der Waals surface area contributed by atoms with Gasteiger partial charge in [-0.05, 0) is 31.5 Å². The number of hydrogen-bond donors (Lipinski definition) is 2. The standard InChI is InChI=1S/C13H15N3OS2/c1-8-3-4-10(5-11(8)14)16-12(17)7-19-13-15-9(2)6-18-13/h3-6H,7,14H2,1-2H3,(H,16,17). The zero-order chi connectivity index (χ0) is 13.8. The zero-order valence-corrected chi connectivity index (χ0v) is 12.4. The van der Waals surface area contributed by atoms with Gasteiger partial charge in [-0.3, -0.25) is 4.79 Å². The number of anilines is 2. The average molecular weight is 293 g/mol. The highest BCUT2D eigenvalue weighted by atomic mass is 32.2. The van der Waals surface area contributed by atoms with Crippen LogP contribution in [0.1, 0.15) is 11.3 Å². The molecule has 19 heavy (non-hydrogen) atoms. The lowest BCUT2D eigenvalue weighted by atomic mass is 10.2. The molecular formula is C13H15N3OS2. The Hall–Kier alpha value is -1.53. The number of benzene rings is 1. The average Bonchev–Trinajstić information content (AvgIpc) is 2.77. The number of carbonyl (C=O) groups excluding carboxylic acids is 1. The second kappa shape index (κ2) is 6.08. The molecule has 0 radical (unpaired) electrons. The molecule has 1 aromatic carbocycles. The summed E-state index contributed by atoms with van der Waals surface area (Å²) in [5, 5.41) is 4.80. The van der Waals surface area contributed by atoms with Crippen molar-refractivity contribution >= 4 is 40.4 Å². The van der Waals surface area contributed by atoms with E-state index >= 15 is 0 Å². The summed E-state index contributed by atoms with van der Waals surface area (Å²) in [6.45, 7) is 3.87. The first kappa shape index (κ1) is 13.9. The lowest BCUT2D eigenvalue weighted by molar-refractivity contribution is -0.113. The van der Waals surface area contributed by atoms with E-state index in [-0.39, 0.29) is 5.91 Å². The van der Waals surface area contributed by atoms with Gasteiger partial charge in [0, 0.05) is 22.4 Å². The molecule has 4 nitrogen and oxygen atoms in total. The molecule has 1 aromatic heterocycles. The van der Waals surface area contributed by atoms with Crippen LogP contribution < -0.4 is 11.1 Å². The molecule has 6 heteroatoms. The van der Waals surface area contributed by atoms with Gasteiger partial charge in [0.15, 0.2) is 4.34 Å². The Labute approximate surface area is 120 Å². The third kappa shape index (κ3) is 3.97. The number of amides is 1. The lowest BCUT2D eigenvalue weighted by Crippen LogP contribution is -2.14. The smallest absolute Gasteiger partial charge is 0.234 e. The van der Waals surface area contributed by atoms with E-state index in [9.17, 15) is 4.79 Å². The Bertz CT molecular complexity index is 595. The Morgan fingerprint density at radius 3 is 2.89 bits per heavy atom. The first-order valence-electron chi connectivity index (χ1n) is 5.75. The van der Waals surface area contributed by atoms with Crippen molar-refractivity contribution in [2.24, 2.45) is 0 Å². The third-order valence-electron chi connectivity index (χ3n) is 2.49. The number of nitrogens with zero attached hydrogens (tertiary/aromatic N) is 1. The van der Waals surface area contributed by atoms with Gasteiger partial charge in [-0.15, -0.1) is 11.3 Å². The van der Waals surface area contributed by atoms with Crippen molar-refractivity contribution in [3.8, 4) is 0 Å². The monoisotopic (exact) mass is 293 g/mol. The lowest BCUT2D eigenvalue weighted by Gasteiger charge is -2.06. The van der Waals surface area contributed by atoms with Crippen molar-refractivity contribution in [3.05, 3.63) is 34.8 Å². The minimum atomic E-state index is -0.0545. The molecule has 100 valence electrons. The molecule has 2 aromatic rings. The summed E-state index contributed by atoms with van der Waals surface area (Å²) in [7, 11) is 0. The highest BCUT2D eigenvalue weighted by Crippen LogP contribution is 2.23. The van der Waals surface area contributed by atoms with E-state index in [2.05, 4.69) is 10.3 Å². The number of nitrogens with one attached hydrogen (secondary N) is 1. The molecule has 0 unspecified atom stereocenters. The van der Waals surface area contributed by atoms with Crippen molar-refractivity contribution in [3.63, 3.8) is 0 Å². The largest absolute Gasteiger partial charge is 0.398 e. The summed E-state index contributed by atoms with van der Waals surface area (Å²) in [5.74, 6) is 0.293. The summed E-state index contributed by atoms with van der Waals surface area (Å²) < 4.78 is 0.913. The van der Waals surface area contributed by atoms with Gasteiger partial charge in [0.25, 0.3) is 0 Å². The van der Waals surface area contributed by atoms with Crippen LogP contribution >= 0.6 is 23.1 Å². The maximum Gasteiger partial charge on any atom is 0.234 e. The molecule has 0 bridgehead atoms. The number of rotatable bonds is 4. The SMILES string of the molecule is Cc1csc(SCC(=O)Nc2ccc(C)c(N)c2)n1. The van der Waals surface area contributed by atoms with E-state index in [0.717, 1.165) is 21.3 Å². The molecule has 0 aliphatic heterocycles. The van der Waals surface area contributed by atoms with Crippen molar-refractivity contribution in [1.29, 1.82) is 0 Å². The Balaban J connectivity index is 1.88. The van der Waals surface area contributed by atoms with Gasteiger partial charge in [0.05, 0.1) is 5.75 Å². The number of hydrogen-bond acceptors (Lipinski definition) is 5. The molecule has 0 atom stereocenters. The highest BCUT2D eigenvalue weighted by Gasteiger charge is 2.06. The molecule has 1 amide bonds. The number of thiazole rings is 1. The minimum Gasteiger partial charge on any atom is -0.398 e. The van der Waals surface area contributed by atoms with E-state index in [1.807, 2.05) is 31.4 Å². The molecule has 0 aliphatic carbocycles. The number of nitrogen functional groups attached to an aromatic ring is 1. The summed E-state index contributed by atoms with van der Waals surface area (Å²) in [6.07, 6.45) is 0. The Morgan fingerprint density at radius 1 is 1.47 bits per heavy atom. The van der Waals surface area contributed by atoms with Gasteiger partial charge in [0.2, 0.25) is 5.91 Å². The topological polar surface area (TPSA) is 68.0 Å². The van der Waals surface area contributed by atoms with Crippen molar-refractivity contribution in [1.82, 2.24) is 4.98 Å². The van der Waals surface area contributed by atoms with Crippen LogP contribution in [0.25, 0.3) is 0 Å². The van der Waals surface area contributed by atoms with Gasteiger partial charge >= 0.3 is 0 Å². The van der Waals surface area contributed by atoms with Crippen molar-refractivity contribution < 1.29 is 4.79 Å². The van der Waals surface area contributed by atoms with Crippen LogP contribution in [0.4, 0.5) is 11.4 Å². The molecule has 3 N–H and O–H groups in total. The van der Waals surface area contributed by atoms with E-state index in [1.165, 1.54) is 11.8 Å². The number of thioether (sulfide) groups is 1. The molecule has 0 saturated heterocycles. The molecule has 0 spiro atoms. The number of aryl methyl sites for hydroxylation is 2. The summed E-state index contributed by atoms with van der Waals surface area (Å²) in [5.41, 5.74) is 9.20. The van der Waals surface area contributed by atoms with Crippen LogP contribution in [-0.2, 0) is 4.79 Å². The minimum absolute atomic E-state index is 0.0545. The van der Waals surface area contributed by atoms with E-state index < -0.39 is 0 Å². The summed E-state index contributed by atoms with van der Waals surface area (Å²) in [4.78, 5) is 16.1. The zero-order valence-electron chi connectivity index (χ0n) is 10.8. The normalized spacial score (nSPS) is 10.4. The van der Waals surface area contributed by atoms with Gasteiger partial charge < -0.3 is 11.1 Å². The number of carbonyl (C=O) groups is 1. The third-order valence-corrected chi connectivity index (χ3v) is 4.63. The van der Waals surface area contributed by atoms with Gasteiger partial charge in [-0.1, -0.05) is 17.8 Å². The van der Waals surface area contributed by atoms with E-state index in [4.69, 9.17) is 5.73 Å². The number of aromatic nitrogens is 1. The molecule has 2 rings (SSSR count). The van der Waals surface area contributed by atoms with Crippen LogP contribution in [0, 0.1) is 13.8 Å². The van der Waals surface area contributed by atoms with Gasteiger partial charge in [0.1, 0.15) is 0 Å². The van der Waals surface area contributed by atoms with E-state index in [0.29, 0.717) is 11.4 Å². The van der Waals surface area contributed by atoms with Gasteiger partial charge in [-0.2, -0.15) is 0 Å². The maximum atomic E-state index is 11.8. The molecular weight excluding hydrogens is 278 g/mol. The number of nitrogens with two attached hydrogens (primary N) is 1. The van der Waals surface area contributed by atoms with Crippen LogP contribution in [-0.4, -0.2) is 16.6 Å². The predicted octanol–water partition coefficient (Wildman–Crippen LogP) is 3.07. The molecule has 0 fully saturated rings. The van der Waals surface area contributed by atoms with Crippen LogP contribution in [0.15, 0.2) is 27.9 Å². The highest BCUT2D eigenvalue weighted by molar-refractivity contribution is 8.01.